The number of carbonyl (C=O) groups excluding carboxylic acids is 1. The van der Waals surface area contributed by atoms with Crippen LogP contribution >= 0.6 is 0 Å². The summed E-state index contributed by atoms with van der Waals surface area (Å²) in [6.07, 6.45) is 15.9. The number of H-pyrrole nitrogens is 1. The molecule has 1 heterocycles. The van der Waals surface area contributed by atoms with E-state index >= 15 is 0 Å². The van der Waals surface area contributed by atoms with Gasteiger partial charge in [0, 0.05) is 30.1 Å². The van der Waals surface area contributed by atoms with Gasteiger partial charge in [-0.1, -0.05) is 91.0 Å². The molecule has 0 aliphatic rings. The molecule has 1 amide bonds. The van der Waals surface area contributed by atoms with Crippen molar-refractivity contribution < 1.29 is 4.79 Å². The van der Waals surface area contributed by atoms with E-state index in [-0.39, 0.29) is 16.7 Å². The Morgan fingerprint density at radius 1 is 1.06 bits per heavy atom. The summed E-state index contributed by atoms with van der Waals surface area (Å²) in [6, 6.07) is 8.30. The van der Waals surface area contributed by atoms with E-state index < -0.39 is 0 Å². The molecule has 2 rings (SSSR count). The predicted molar refractivity (Wildman–Crippen MR) is 143 cm³/mol. The zero-order valence-corrected chi connectivity index (χ0v) is 22.0. The fraction of sp³-hybridized carbons (Fsp3) is 0.567. The molecule has 0 fully saturated rings. The molecule has 1 unspecified atom stereocenters. The standard InChI is InChI=1S/C30H46N2O/c1-23(2)19-29(4,5)17-12-8-9-13-24(3)20-30(6,7)21-28(33)31-18-16-25-22-32-27-15-11-10-14-26(25)27/h9-15,17,22-24,32H,8,16,18-21H2,1-7H3,(H,31,33)/b13-9-,17-12-. The maximum absolute atomic E-state index is 12.6. The number of aromatic nitrogens is 1. The number of aromatic amines is 1. The molecule has 33 heavy (non-hydrogen) atoms. The van der Waals surface area contributed by atoms with Crippen LogP contribution in [0.1, 0.15) is 79.7 Å². The molecule has 2 N–H and O–H groups in total. The Balaban J connectivity index is 1.71. The molecular weight excluding hydrogens is 404 g/mol. The number of para-hydroxylation sites is 1. The monoisotopic (exact) mass is 450 g/mol. The van der Waals surface area contributed by atoms with Crippen molar-refractivity contribution in [2.45, 2.75) is 80.6 Å². The number of amides is 1. The molecule has 0 saturated heterocycles. The van der Waals surface area contributed by atoms with Crippen LogP contribution in [0.5, 0.6) is 0 Å². The van der Waals surface area contributed by atoms with Crippen molar-refractivity contribution in [1.29, 1.82) is 0 Å². The summed E-state index contributed by atoms with van der Waals surface area (Å²) in [5.74, 6) is 1.32. The lowest BCUT2D eigenvalue weighted by Crippen LogP contribution is -2.31. The van der Waals surface area contributed by atoms with Crippen LogP contribution in [-0.4, -0.2) is 17.4 Å². The largest absolute Gasteiger partial charge is 0.361 e. The molecule has 2 aromatic rings. The van der Waals surface area contributed by atoms with E-state index in [0.717, 1.165) is 24.8 Å². The number of nitrogens with one attached hydrogen (secondary N) is 2. The van der Waals surface area contributed by atoms with Gasteiger partial charge < -0.3 is 10.3 Å². The zero-order chi connectivity index (χ0) is 24.5. The van der Waals surface area contributed by atoms with Crippen molar-refractivity contribution >= 4 is 16.8 Å². The number of fused-ring (bicyclic) bond motifs is 1. The fourth-order valence-corrected chi connectivity index (χ4v) is 5.08. The van der Waals surface area contributed by atoms with E-state index in [1.807, 2.05) is 6.07 Å². The Bertz CT molecular complexity index is 930. The van der Waals surface area contributed by atoms with Crippen LogP contribution in [-0.2, 0) is 11.2 Å². The smallest absolute Gasteiger partial charge is 0.220 e. The van der Waals surface area contributed by atoms with Gasteiger partial charge in [0.2, 0.25) is 5.91 Å². The summed E-state index contributed by atoms with van der Waals surface area (Å²) < 4.78 is 0. The van der Waals surface area contributed by atoms with E-state index in [1.54, 1.807) is 0 Å². The van der Waals surface area contributed by atoms with Gasteiger partial charge in [0.05, 0.1) is 0 Å². The lowest BCUT2D eigenvalue weighted by molar-refractivity contribution is -0.123. The van der Waals surface area contributed by atoms with Crippen LogP contribution < -0.4 is 5.32 Å². The molecular formula is C30H46N2O. The zero-order valence-electron chi connectivity index (χ0n) is 22.0. The Morgan fingerprint density at radius 2 is 1.79 bits per heavy atom. The fourth-order valence-electron chi connectivity index (χ4n) is 5.08. The molecule has 0 radical (unpaired) electrons. The van der Waals surface area contributed by atoms with Crippen LogP contribution in [0.2, 0.25) is 0 Å². The van der Waals surface area contributed by atoms with Gasteiger partial charge >= 0.3 is 0 Å². The van der Waals surface area contributed by atoms with E-state index in [2.05, 4.69) is 107 Å². The third-order valence-electron chi connectivity index (χ3n) is 6.15. The third-order valence-corrected chi connectivity index (χ3v) is 6.15. The summed E-state index contributed by atoms with van der Waals surface area (Å²) in [6.45, 7) is 16.5. The Morgan fingerprint density at radius 3 is 2.52 bits per heavy atom. The molecule has 3 nitrogen and oxygen atoms in total. The molecule has 3 heteroatoms. The van der Waals surface area contributed by atoms with Gasteiger partial charge in [-0.05, 0) is 60.0 Å². The van der Waals surface area contributed by atoms with E-state index in [9.17, 15) is 4.79 Å². The summed E-state index contributed by atoms with van der Waals surface area (Å²) in [7, 11) is 0. The molecule has 1 aromatic carbocycles. The van der Waals surface area contributed by atoms with Gasteiger partial charge in [0.1, 0.15) is 0 Å². The Kier molecular flexibility index (Phi) is 10.0. The minimum absolute atomic E-state index is 0.0241. The SMILES string of the molecule is CC(C)CC(C)(C)/C=C\C/C=C\C(C)CC(C)(C)CC(=O)NCCc1c[nH]c2ccccc12. The average molecular weight is 451 g/mol. The number of benzene rings is 1. The minimum atomic E-state index is -0.0241. The normalized spacial score (nSPS) is 14.1. The lowest BCUT2D eigenvalue weighted by atomic mass is 9.80. The van der Waals surface area contributed by atoms with E-state index in [1.165, 1.54) is 17.4 Å². The van der Waals surface area contributed by atoms with Crippen LogP contribution in [0.3, 0.4) is 0 Å². The van der Waals surface area contributed by atoms with Crippen molar-refractivity contribution in [3.8, 4) is 0 Å². The van der Waals surface area contributed by atoms with Gasteiger partial charge in [-0.2, -0.15) is 0 Å². The van der Waals surface area contributed by atoms with Crippen molar-refractivity contribution in [2.24, 2.45) is 22.7 Å². The molecule has 1 aromatic heterocycles. The van der Waals surface area contributed by atoms with E-state index in [4.69, 9.17) is 0 Å². The van der Waals surface area contributed by atoms with Crippen molar-refractivity contribution in [3.63, 3.8) is 0 Å². The molecule has 182 valence electrons. The first-order chi connectivity index (χ1) is 15.5. The number of carbonyl (C=O) groups is 1. The maximum atomic E-state index is 12.6. The molecule has 0 saturated carbocycles. The van der Waals surface area contributed by atoms with Gasteiger partial charge in [-0.15, -0.1) is 0 Å². The number of rotatable bonds is 13. The van der Waals surface area contributed by atoms with Crippen molar-refractivity contribution in [1.82, 2.24) is 10.3 Å². The van der Waals surface area contributed by atoms with E-state index in [0.29, 0.717) is 24.8 Å². The Labute approximate surface area is 202 Å². The summed E-state index contributed by atoms with van der Waals surface area (Å²) in [5.41, 5.74) is 2.64. The summed E-state index contributed by atoms with van der Waals surface area (Å²) in [5, 5.41) is 4.36. The van der Waals surface area contributed by atoms with Crippen LogP contribution in [0, 0.1) is 22.7 Å². The summed E-state index contributed by atoms with van der Waals surface area (Å²) in [4.78, 5) is 15.9. The predicted octanol–water partition coefficient (Wildman–Crippen LogP) is 7.84. The molecule has 0 bridgehead atoms. The maximum Gasteiger partial charge on any atom is 0.220 e. The second-order valence-electron chi connectivity index (χ2n) is 11.6. The molecule has 0 aliphatic carbocycles. The average Bonchev–Trinajstić information content (AvgIpc) is 3.09. The van der Waals surface area contributed by atoms with Crippen LogP contribution in [0.25, 0.3) is 10.9 Å². The third kappa shape index (κ3) is 10.0. The highest BCUT2D eigenvalue weighted by atomic mass is 16.1. The highest BCUT2D eigenvalue weighted by molar-refractivity contribution is 5.83. The lowest BCUT2D eigenvalue weighted by Gasteiger charge is -2.26. The topological polar surface area (TPSA) is 44.9 Å². The first kappa shape index (κ1) is 27.0. The van der Waals surface area contributed by atoms with Gasteiger partial charge in [-0.3, -0.25) is 4.79 Å². The van der Waals surface area contributed by atoms with Gasteiger partial charge in [0.25, 0.3) is 0 Å². The second kappa shape index (κ2) is 12.3. The number of hydrogen-bond donors (Lipinski definition) is 2. The van der Waals surface area contributed by atoms with Crippen molar-refractivity contribution in [3.05, 3.63) is 60.3 Å². The van der Waals surface area contributed by atoms with Crippen LogP contribution in [0.4, 0.5) is 0 Å². The quantitative estimate of drug-likeness (QED) is 0.300. The molecule has 0 spiro atoms. The summed E-state index contributed by atoms with van der Waals surface area (Å²) >= 11 is 0. The van der Waals surface area contributed by atoms with Gasteiger partial charge in [-0.25, -0.2) is 0 Å². The van der Waals surface area contributed by atoms with Gasteiger partial charge in [0.15, 0.2) is 0 Å². The molecule has 0 aliphatic heterocycles. The Hall–Kier alpha value is -2.29. The first-order valence-electron chi connectivity index (χ1n) is 12.6. The number of allylic oxidation sites excluding steroid dienone is 4. The highest BCUT2D eigenvalue weighted by Crippen LogP contribution is 2.30. The molecule has 1 atom stereocenters. The number of hydrogen-bond acceptors (Lipinski definition) is 1. The highest BCUT2D eigenvalue weighted by Gasteiger charge is 2.23. The first-order valence-corrected chi connectivity index (χ1v) is 12.6. The van der Waals surface area contributed by atoms with Crippen LogP contribution in [0.15, 0.2) is 54.8 Å². The van der Waals surface area contributed by atoms with Crippen molar-refractivity contribution in [2.75, 3.05) is 6.54 Å². The second-order valence-corrected chi connectivity index (χ2v) is 11.6. The minimum Gasteiger partial charge on any atom is -0.361 e.